The van der Waals surface area contributed by atoms with Crippen LogP contribution in [-0.4, -0.2) is 13.1 Å². The van der Waals surface area contributed by atoms with E-state index in [2.05, 4.69) is 11.7 Å². The van der Waals surface area contributed by atoms with E-state index in [1.54, 1.807) is 0 Å². The molecule has 0 unspecified atom stereocenters. The Morgan fingerprint density at radius 2 is 2.00 bits per heavy atom. The van der Waals surface area contributed by atoms with Gasteiger partial charge in [-0.15, -0.1) is 0 Å². The van der Waals surface area contributed by atoms with Gasteiger partial charge in [0.1, 0.15) is 0 Å². The van der Waals surface area contributed by atoms with Crippen LogP contribution in [0.15, 0.2) is 0 Å². The topological polar surface area (TPSA) is 43.4 Å². The normalized spacial score (nSPS) is 8.00. The third kappa shape index (κ3) is 13.0. The number of ether oxygens (including phenoxy) is 1. The monoisotopic (exact) mass is 209 g/mol. The molecule has 0 amide bonds. The molecule has 0 N–H and O–H groups in total. The first-order valence-electron chi connectivity index (χ1n) is 3.46. The fourth-order valence-corrected chi connectivity index (χ4v) is 0.548. The second kappa shape index (κ2) is 12.6. The molecule has 0 saturated carbocycles. The van der Waals surface area contributed by atoms with E-state index in [0.717, 1.165) is 19.3 Å². The molecule has 0 saturated heterocycles. The van der Waals surface area contributed by atoms with Crippen molar-refractivity contribution in [1.82, 2.24) is 0 Å². The van der Waals surface area contributed by atoms with Crippen molar-refractivity contribution in [3.05, 3.63) is 6.92 Å². The molecule has 0 heterocycles. The molecule has 0 fully saturated rings. The van der Waals surface area contributed by atoms with Crippen LogP contribution in [0.25, 0.3) is 0 Å². The van der Waals surface area contributed by atoms with Crippen molar-refractivity contribution in [3.63, 3.8) is 0 Å². The molecule has 0 aliphatic carbocycles. The zero-order chi connectivity index (χ0) is 9.11. The standard InChI is InChI=1S/C7H13O2.O.Zn/c1-3-4-5-6-7(8)9-2;;/h1,3-6H2,2H3;;/q-1;;. The maximum absolute atomic E-state index is 10.4. The van der Waals surface area contributed by atoms with Gasteiger partial charge in [0.15, 0.2) is 0 Å². The average Bonchev–Trinajstić information content (AvgIpc) is 2.08. The van der Waals surface area contributed by atoms with Crippen molar-refractivity contribution in [3.8, 4) is 0 Å². The number of rotatable bonds is 4. The fourth-order valence-electron chi connectivity index (χ4n) is 0.548. The summed E-state index contributed by atoms with van der Waals surface area (Å²) in [6.07, 6.45) is 3.34. The molecule has 0 aromatic rings. The molecular formula is C7H13O3Zn-. The Morgan fingerprint density at radius 1 is 1.45 bits per heavy atom. The molecule has 0 rings (SSSR count). The Kier molecular flexibility index (Phi) is 15.4. The van der Waals surface area contributed by atoms with Gasteiger partial charge < -0.3 is 11.7 Å². The minimum absolute atomic E-state index is 0.122. The van der Waals surface area contributed by atoms with E-state index in [0.29, 0.717) is 6.42 Å². The van der Waals surface area contributed by atoms with Crippen LogP contribution < -0.4 is 0 Å². The first-order chi connectivity index (χ1) is 5.31. The summed E-state index contributed by atoms with van der Waals surface area (Å²) in [5.41, 5.74) is 0. The summed E-state index contributed by atoms with van der Waals surface area (Å²) in [4.78, 5) is 10.4. The predicted molar refractivity (Wildman–Crippen MR) is 36.5 cm³/mol. The molecule has 0 aliphatic heterocycles. The molecule has 4 heteroatoms. The summed E-state index contributed by atoms with van der Waals surface area (Å²) in [6, 6.07) is 0. The van der Waals surface area contributed by atoms with Crippen LogP contribution in [0.5, 0.6) is 0 Å². The van der Waals surface area contributed by atoms with Crippen LogP contribution in [0.1, 0.15) is 25.7 Å². The van der Waals surface area contributed by atoms with Crippen LogP contribution in [0.3, 0.4) is 0 Å². The molecule has 62 valence electrons. The van der Waals surface area contributed by atoms with Crippen LogP contribution in [0.2, 0.25) is 0 Å². The first-order valence-corrected chi connectivity index (χ1v) is 4.67. The molecule has 0 atom stereocenters. The van der Waals surface area contributed by atoms with Gasteiger partial charge in [0.25, 0.3) is 0 Å². The molecule has 3 nitrogen and oxygen atoms in total. The van der Waals surface area contributed by atoms with Gasteiger partial charge in [-0.25, -0.2) is 0 Å². The number of carbonyl (C=O) groups excluding carboxylic acids is 1. The van der Waals surface area contributed by atoms with Gasteiger partial charge in [-0.1, -0.05) is 6.42 Å². The third-order valence-corrected chi connectivity index (χ3v) is 1.11. The number of hydrogen-bond donors (Lipinski definition) is 0. The van der Waals surface area contributed by atoms with Crippen molar-refractivity contribution >= 4 is 5.97 Å². The van der Waals surface area contributed by atoms with Crippen molar-refractivity contribution in [1.29, 1.82) is 0 Å². The molecule has 0 bridgehead atoms. The van der Waals surface area contributed by atoms with Gasteiger partial charge >= 0.3 is 27.8 Å². The number of esters is 1. The Hall–Kier alpha value is -0.107. The zero-order valence-corrected chi connectivity index (χ0v) is 9.93. The summed E-state index contributed by atoms with van der Waals surface area (Å²) in [5, 5.41) is 0. The van der Waals surface area contributed by atoms with E-state index in [4.69, 9.17) is 3.57 Å². The van der Waals surface area contributed by atoms with Gasteiger partial charge in [-0.3, -0.25) is 4.79 Å². The molecule has 0 radical (unpaired) electrons. The summed E-state index contributed by atoms with van der Waals surface area (Å²) in [5.74, 6) is -0.122. The van der Waals surface area contributed by atoms with Gasteiger partial charge in [-0.2, -0.15) is 6.42 Å². The van der Waals surface area contributed by atoms with E-state index in [1.165, 1.54) is 7.11 Å². The number of carbonyl (C=O) groups is 1. The summed E-state index contributed by atoms with van der Waals surface area (Å²) in [7, 11) is 1.41. The fraction of sp³-hybridized carbons (Fsp3) is 0.714. The van der Waals surface area contributed by atoms with E-state index in [-0.39, 0.29) is 24.2 Å². The van der Waals surface area contributed by atoms with Crippen molar-refractivity contribution < 1.29 is 31.4 Å². The van der Waals surface area contributed by atoms with Gasteiger partial charge in [-0.05, 0) is 6.42 Å². The second-order valence-electron chi connectivity index (χ2n) is 1.89. The zero-order valence-electron chi connectivity index (χ0n) is 6.97. The van der Waals surface area contributed by atoms with Crippen molar-refractivity contribution in [2.75, 3.05) is 7.11 Å². The quantitative estimate of drug-likeness (QED) is 0.305. The Labute approximate surface area is 77.4 Å². The van der Waals surface area contributed by atoms with Gasteiger partial charge in [0.2, 0.25) is 0 Å². The molecular weight excluding hydrogens is 197 g/mol. The minimum atomic E-state index is -0.122. The van der Waals surface area contributed by atoms with Crippen molar-refractivity contribution in [2.45, 2.75) is 25.7 Å². The average molecular weight is 211 g/mol. The molecule has 0 aromatic carbocycles. The maximum atomic E-state index is 10.4. The number of unbranched alkanes of at least 4 members (excludes halogenated alkanes) is 2. The molecule has 0 aliphatic rings. The van der Waals surface area contributed by atoms with Crippen molar-refractivity contribution in [2.24, 2.45) is 0 Å². The summed E-state index contributed by atoms with van der Waals surface area (Å²) in [6.45, 7) is 3.66. The summed E-state index contributed by atoms with van der Waals surface area (Å²) >= 11 is 0.125. The summed E-state index contributed by atoms with van der Waals surface area (Å²) < 4.78 is 12.8. The third-order valence-electron chi connectivity index (χ3n) is 1.11. The second-order valence-corrected chi connectivity index (χ2v) is 1.89. The first kappa shape index (κ1) is 13.5. The van der Waals surface area contributed by atoms with E-state index in [1.807, 2.05) is 0 Å². The van der Waals surface area contributed by atoms with E-state index < -0.39 is 0 Å². The van der Waals surface area contributed by atoms with E-state index in [9.17, 15) is 4.79 Å². The van der Waals surface area contributed by atoms with Crippen LogP contribution >= 0.6 is 0 Å². The Bertz CT molecular complexity index is 95.7. The number of methoxy groups -OCH3 is 1. The predicted octanol–water partition coefficient (Wildman–Crippen LogP) is 1.43. The van der Waals surface area contributed by atoms with Gasteiger partial charge in [0, 0.05) is 6.42 Å². The van der Waals surface area contributed by atoms with Crippen LogP contribution in [0.4, 0.5) is 0 Å². The Balaban J connectivity index is 0. The van der Waals surface area contributed by atoms with Gasteiger partial charge in [0.05, 0.1) is 7.11 Å². The number of hydrogen-bond acceptors (Lipinski definition) is 3. The van der Waals surface area contributed by atoms with Crippen LogP contribution in [0, 0.1) is 6.92 Å². The SMILES string of the molecule is [CH2-]CCCCC(=O)OC.[O]=[Zn]. The van der Waals surface area contributed by atoms with E-state index >= 15 is 0 Å². The Morgan fingerprint density at radius 3 is 2.36 bits per heavy atom. The molecule has 0 aromatic heterocycles. The molecule has 11 heavy (non-hydrogen) atoms. The van der Waals surface area contributed by atoms with Crippen LogP contribution in [-0.2, 0) is 31.4 Å². The molecule has 0 spiro atoms.